The zero-order valence-corrected chi connectivity index (χ0v) is 19.9. The van der Waals surface area contributed by atoms with E-state index in [0.29, 0.717) is 38.3 Å². The number of nitrogens with one attached hydrogen (secondary N) is 1. The van der Waals surface area contributed by atoms with Gasteiger partial charge in [-0.3, -0.25) is 9.69 Å². The van der Waals surface area contributed by atoms with Crippen LogP contribution in [0.1, 0.15) is 88.3 Å². The number of benzene rings is 2. The van der Waals surface area contributed by atoms with Crippen LogP contribution < -0.4 is 4.90 Å². The third-order valence-electron chi connectivity index (χ3n) is 7.40. The number of piperidine rings is 1. The molecule has 2 aromatic carbocycles. The summed E-state index contributed by atoms with van der Waals surface area (Å²) in [6.07, 6.45) is -1.84. The van der Waals surface area contributed by atoms with E-state index in [-0.39, 0.29) is 56.4 Å². The molecule has 3 aliphatic rings. The van der Waals surface area contributed by atoms with Crippen LogP contribution in [0.15, 0.2) is 30.3 Å². The highest BCUT2D eigenvalue weighted by Gasteiger charge is 2.40. The van der Waals surface area contributed by atoms with E-state index in [2.05, 4.69) is 15.8 Å². The number of nitrogens with zero attached hydrogens (tertiary/aromatic N) is 3. The second-order valence-electron chi connectivity index (χ2n) is 9.44. The molecule has 0 unspecified atom stereocenters. The number of ketones is 1. The van der Waals surface area contributed by atoms with Crippen molar-refractivity contribution in [2.24, 2.45) is 0 Å². The first-order chi connectivity index (χ1) is 22.2. The third kappa shape index (κ3) is 3.56. The number of carbonyl (C=O) groups is 1. The van der Waals surface area contributed by atoms with Crippen LogP contribution in [0.2, 0.25) is 0 Å². The Bertz CT molecular complexity index is 1820. The van der Waals surface area contributed by atoms with Gasteiger partial charge in [0.25, 0.3) is 0 Å². The quantitative estimate of drug-likeness (QED) is 0.568. The van der Waals surface area contributed by atoms with Crippen LogP contribution in [0.3, 0.4) is 0 Å². The molecule has 186 valence electrons. The summed E-state index contributed by atoms with van der Waals surface area (Å²) in [4.78, 5) is 19.8. The maximum absolute atomic E-state index is 14.2. The summed E-state index contributed by atoms with van der Waals surface area (Å²) < 4.78 is 105. The molecule has 0 bridgehead atoms. The molecule has 6 rings (SSSR count). The fraction of sp³-hybridized carbons (Fsp3) is 0.467. The van der Waals surface area contributed by atoms with Gasteiger partial charge in [0.05, 0.1) is 35.8 Å². The number of fused-ring (bicyclic) bond motifs is 4. The number of anilines is 1. The van der Waals surface area contributed by atoms with E-state index in [1.807, 2.05) is 4.90 Å². The molecule has 2 fully saturated rings. The van der Waals surface area contributed by atoms with Crippen molar-refractivity contribution in [3.63, 3.8) is 0 Å². The van der Waals surface area contributed by atoms with Gasteiger partial charge in [-0.1, -0.05) is 26.8 Å². The molecule has 2 aliphatic heterocycles. The highest BCUT2D eigenvalue weighted by molar-refractivity contribution is 6.20. The Balaban J connectivity index is 1.43. The average Bonchev–Trinajstić information content (AvgIpc) is 3.39. The molecule has 6 nitrogen and oxygen atoms in total. The summed E-state index contributed by atoms with van der Waals surface area (Å²) in [5, 5.41) is 9.96. The molecule has 3 aromatic rings. The number of aryl methyl sites for hydroxylation is 1. The van der Waals surface area contributed by atoms with Crippen molar-refractivity contribution in [3.8, 4) is 6.07 Å². The lowest BCUT2D eigenvalue weighted by Crippen LogP contribution is -2.49. The molecule has 1 N–H and O–H groups in total. The molecule has 6 heteroatoms. The summed E-state index contributed by atoms with van der Waals surface area (Å²) in [6, 6.07) is 9.09. The largest absolute Gasteiger partial charge is 0.379 e. The molecule has 2 saturated heterocycles. The normalized spacial score (nSPS) is 31.1. The van der Waals surface area contributed by atoms with Crippen molar-refractivity contribution in [2.45, 2.75) is 51.4 Å². The summed E-state index contributed by atoms with van der Waals surface area (Å²) in [5.41, 5.74) is 1.37. The van der Waals surface area contributed by atoms with E-state index < -0.39 is 49.7 Å². The van der Waals surface area contributed by atoms with Crippen molar-refractivity contribution < 1.29 is 26.0 Å². The standard InChI is InChI=1S/C30H34N4O2/c1-4-20-16-23-24(17-26(20)34-9-7-21(8-10-34)33-11-13-36-14-12-33)30(2,3)29-27(28(23)35)22-6-5-19(18-31)15-25(22)32-29/h5-6,15-17,21,32H,4,7-14H2,1-3H3/i2D,3D,4D2,11D2,12D2,13D2,14D2. The molecular weight excluding hydrogens is 448 g/mol. The molecule has 0 atom stereocenters. The number of morpholine rings is 1. The van der Waals surface area contributed by atoms with Crippen LogP contribution in [0, 0.1) is 11.3 Å². The lowest BCUT2D eigenvalue weighted by Gasteiger charge is -2.42. The summed E-state index contributed by atoms with van der Waals surface area (Å²) in [7, 11) is 0. The van der Waals surface area contributed by atoms with Gasteiger partial charge in [-0.25, -0.2) is 0 Å². The zero-order valence-electron chi connectivity index (χ0n) is 31.9. The van der Waals surface area contributed by atoms with E-state index in [4.69, 9.17) is 16.4 Å². The van der Waals surface area contributed by atoms with Crippen LogP contribution in [-0.2, 0) is 16.5 Å². The first-order valence-electron chi connectivity index (χ1n) is 18.2. The van der Waals surface area contributed by atoms with E-state index in [9.17, 15) is 10.1 Å². The van der Waals surface area contributed by atoms with Gasteiger partial charge in [0.15, 0.2) is 5.78 Å². The SMILES string of the molecule is [2H]CC1(C[2H])c2cc(N3CCC(N4C([2H])([2H])C([2H])([2H])OC([2H])([2H])C4([2H])[2H])CC3)c(C([2H])([2H])C)cc2C(=O)c2c1[nH]c1cc(C#N)ccc21. The maximum atomic E-state index is 14.2. The van der Waals surface area contributed by atoms with Gasteiger partial charge in [0.2, 0.25) is 0 Å². The van der Waals surface area contributed by atoms with Crippen molar-refractivity contribution >= 4 is 22.4 Å². The predicted molar refractivity (Wildman–Crippen MR) is 142 cm³/mol. The van der Waals surface area contributed by atoms with Crippen LogP contribution in [0.5, 0.6) is 0 Å². The molecule has 1 aliphatic carbocycles. The molecule has 1 aromatic heterocycles. The Morgan fingerprint density at radius 3 is 2.72 bits per heavy atom. The van der Waals surface area contributed by atoms with Gasteiger partial charge in [-0.2, -0.15) is 5.26 Å². The monoisotopic (exact) mass is 494 g/mol. The number of hydrogen-bond acceptors (Lipinski definition) is 5. The van der Waals surface area contributed by atoms with Gasteiger partial charge in [0, 0.05) is 76.4 Å². The van der Waals surface area contributed by atoms with Crippen molar-refractivity contribution in [2.75, 3.05) is 44.1 Å². The minimum Gasteiger partial charge on any atom is -0.379 e. The van der Waals surface area contributed by atoms with E-state index >= 15 is 0 Å². The number of aromatic amines is 1. The minimum absolute atomic E-state index is 0.0583. The summed E-state index contributed by atoms with van der Waals surface area (Å²) in [5.74, 6) is -0.399. The number of carbonyl (C=O) groups excluding carboxylic acids is 1. The topological polar surface area (TPSA) is 72.4 Å². The van der Waals surface area contributed by atoms with Crippen LogP contribution in [0.4, 0.5) is 5.69 Å². The van der Waals surface area contributed by atoms with E-state index in [0.717, 1.165) is 0 Å². The molecule has 0 amide bonds. The summed E-state index contributed by atoms with van der Waals surface area (Å²) in [6.45, 7) is -11.4. The maximum Gasteiger partial charge on any atom is 0.195 e. The van der Waals surface area contributed by atoms with Gasteiger partial charge < -0.3 is 14.6 Å². The Kier molecular flexibility index (Phi) is 3.26. The fourth-order valence-electron chi connectivity index (χ4n) is 5.51. The van der Waals surface area contributed by atoms with Crippen molar-refractivity contribution in [1.29, 1.82) is 5.26 Å². The lowest BCUT2D eigenvalue weighted by atomic mass is 9.70. The van der Waals surface area contributed by atoms with Gasteiger partial charge in [-0.05, 0) is 54.6 Å². The first kappa shape index (κ1) is 13.4. The number of hydrogen-bond donors (Lipinski definition) is 1. The summed E-state index contributed by atoms with van der Waals surface area (Å²) >= 11 is 0. The zero-order chi connectivity index (χ0) is 35.4. The molecule has 36 heavy (non-hydrogen) atoms. The first-order valence-corrected chi connectivity index (χ1v) is 11.8. The molecule has 3 heterocycles. The second kappa shape index (κ2) is 8.76. The van der Waals surface area contributed by atoms with Crippen molar-refractivity contribution in [1.82, 2.24) is 9.88 Å². The van der Waals surface area contributed by atoms with Gasteiger partial charge in [-0.15, -0.1) is 0 Å². The average molecular weight is 495 g/mol. The van der Waals surface area contributed by atoms with E-state index in [1.165, 1.54) is 13.0 Å². The number of nitriles is 1. The molecular formula is C30H34N4O2. The van der Waals surface area contributed by atoms with Crippen LogP contribution >= 0.6 is 0 Å². The number of rotatable bonds is 3. The highest BCUT2D eigenvalue weighted by Crippen LogP contribution is 2.46. The number of aromatic nitrogens is 1. The second-order valence-corrected chi connectivity index (χ2v) is 9.44. The molecule has 0 saturated carbocycles. The smallest absolute Gasteiger partial charge is 0.195 e. The fourth-order valence-corrected chi connectivity index (χ4v) is 5.51. The van der Waals surface area contributed by atoms with Gasteiger partial charge >= 0.3 is 0 Å². The van der Waals surface area contributed by atoms with Crippen LogP contribution in [-0.4, -0.2) is 60.9 Å². The Labute approximate surface area is 229 Å². The Morgan fingerprint density at radius 2 is 2.03 bits per heavy atom. The molecule has 0 radical (unpaired) electrons. The third-order valence-corrected chi connectivity index (χ3v) is 7.40. The van der Waals surface area contributed by atoms with E-state index in [1.54, 1.807) is 24.3 Å². The highest BCUT2D eigenvalue weighted by atomic mass is 16.5. The predicted octanol–water partition coefficient (Wildman–Crippen LogP) is 4.77. The van der Waals surface area contributed by atoms with Crippen molar-refractivity contribution in [3.05, 3.63) is 63.8 Å². The molecule has 0 spiro atoms. The number of ether oxygens (including phenoxy) is 1. The van der Waals surface area contributed by atoms with Gasteiger partial charge in [0.1, 0.15) is 0 Å². The Morgan fingerprint density at radius 1 is 1.25 bits per heavy atom. The lowest BCUT2D eigenvalue weighted by molar-refractivity contribution is 0.0115. The number of H-pyrrole nitrogens is 1. The van der Waals surface area contributed by atoms with Crippen LogP contribution in [0.25, 0.3) is 10.9 Å². The minimum atomic E-state index is -3.16. The Hall–Kier alpha value is -3.14.